The maximum atomic E-state index is 4.76. The fraction of sp³-hybridized carbons (Fsp3) is 0. The molecule has 1 N–H and O–H groups in total. The van der Waals surface area contributed by atoms with E-state index >= 15 is 0 Å². The van der Waals surface area contributed by atoms with E-state index in [0.717, 1.165) is 4.64 Å². The third-order valence-electron chi connectivity index (χ3n) is 0.681. The average molecular weight is 327 g/mol. The molecule has 0 atom stereocenters. The van der Waals surface area contributed by atoms with Crippen molar-refractivity contribution in [3.8, 4) is 0 Å². The first-order valence-electron chi connectivity index (χ1n) is 2.03. The molecular formula is C6H8HgNS+. The van der Waals surface area contributed by atoms with E-state index in [1.807, 2.05) is 24.4 Å². The zero-order chi connectivity index (χ0) is 5.11. The summed E-state index contributed by atoms with van der Waals surface area (Å²) in [6.07, 6.45) is 1.81. The van der Waals surface area contributed by atoms with Gasteiger partial charge in [0.15, 0.2) is 0 Å². The van der Waals surface area contributed by atoms with Crippen molar-refractivity contribution in [3.05, 3.63) is 36.5 Å². The standard InChI is InChI=1S/C5H5NS.CH3.Hg/c7-5-3-1-2-4-6-5;;/h1-4H,(H,6,7);1H3;/q;-1;+2. The van der Waals surface area contributed by atoms with E-state index in [1.54, 1.807) is 0 Å². The first kappa shape index (κ1) is 12.0. The SMILES string of the molecule is S=c1cccc[nH]1.[CH3-].[Hg+2]. The second-order valence-corrected chi connectivity index (χ2v) is 1.67. The number of nitrogens with one attached hydrogen (secondary N) is 1. The van der Waals surface area contributed by atoms with E-state index in [1.165, 1.54) is 0 Å². The number of H-pyrrole nitrogens is 1. The summed E-state index contributed by atoms with van der Waals surface area (Å²) in [5.74, 6) is 0. The Hall–Kier alpha value is 0.305. The van der Waals surface area contributed by atoms with Gasteiger partial charge in [-0.2, -0.15) is 0 Å². The zero-order valence-electron chi connectivity index (χ0n) is 5.42. The molecule has 1 nitrogen and oxygen atoms in total. The first-order valence-corrected chi connectivity index (χ1v) is 2.44. The van der Waals surface area contributed by atoms with Crippen molar-refractivity contribution in [2.75, 3.05) is 0 Å². The van der Waals surface area contributed by atoms with E-state index < -0.39 is 0 Å². The average Bonchev–Trinajstić information content (AvgIpc) is 1.69. The molecule has 1 aromatic heterocycles. The summed E-state index contributed by atoms with van der Waals surface area (Å²) in [5.41, 5.74) is 0. The van der Waals surface area contributed by atoms with Crippen molar-refractivity contribution in [1.82, 2.24) is 4.98 Å². The van der Waals surface area contributed by atoms with Crippen molar-refractivity contribution in [3.63, 3.8) is 0 Å². The third-order valence-corrected chi connectivity index (χ3v) is 0.934. The van der Waals surface area contributed by atoms with Crippen molar-refractivity contribution < 1.29 is 27.7 Å². The topological polar surface area (TPSA) is 15.8 Å². The van der Waals surface area contributed by atoms with Gasteiger partial charge < -0.3 is 12.4 Å². The van der Waals surface area contributed by atoms with Crippen LogP contribution in [0.1, 0.15) is 0 Å². The molecule has 1 rings (SSSR count). The summed E-state index contributed by atoms with van der Waals surface area (Å²) < 4.78 is 0.780. The van der Waals surface area contributed by atoms with Gasteiger partial charge >= 0.3 is 27.7 Å². The molecule has 1 aromatic rings. The molecule has 0 aliphatic carbocycles. The summed E-state index contributed by atoms with van der Waals surface area (Å²) in [4.78, 5) is 2.85. The monoisotopic (exact) mass is 328 g/mol. The van der Waals surface area contributed by atoms with E-state index in [0.29, 0.717) is 0 Å². The van der Waals surface area contributed by atoms with Gasteiger partial charge in [0.1, 0.15) is 4.64 Å². The summed E-state index contributed by atoms with van der Waals surface area (Å²) in [6, 6.07) is 5.64. The number of aromatic nitrogens is 1. The van der Waals surface area contributed by atoms with Crippen LogP contribution in [0.2, 0.25) is 0 Å². The minimum absolute atomic E-state index is 0. The second-order valence-electron chi connectivity index (χ2n) is 1.23. The number of hydrogen-bond donors (Lipinski definition) is 1. The van der Waals surface area contributed by atoms with Gasteiger partial charge in [0.25, 0.3) is 0 Å². The number of pyridine rings is 1. The molecule has 0 spiro atoms. The van der Waals surface area contributed by atoms with E-state index in [2.05, 4.69) is 4.98 Å². The van der Waals surface area contributed by atoms with Gasteiger partial charge in [0.2, 0.25) is 0 Å². The predicted octanol–water partition coefficient (Wildman–Crippen LogP) is 2.19. The summed E-state index contributed by atoms with van der Waals surface area (Å²) in [5, 5.41) is 0. The maximum Gasteiger partial charge on any atom is 2.00 e. The van der Waals surface area contributed by atoms with Crippen molar-refractivity contribution in [1.29, 1.82) is 0 Å². The second kappa shape index (κ2) is 6.43. The van der Waals surface area contributed by atoms with Gasteiger partial charge in [-0.1, -0.05) is 18.3 Å². The molecule has 0 aliphatic rings. The quantitative estimate of drug-likeness (QED) is 0.439. The molecular weight excluding hydrogens is 319 g/mol. The Morgan fingerprint density at radius 3 is 2.22 bits per heavy atom. The minimum Gasteiger partial charge on any atom is -0.358 e. The molecule has 9 heavy (non-hydrogen) atoms. The van der Waals surface area contributed by atoms with Gasteiger partial charge in [0, 0.05) is 6.20 Å². The molecule has 44 valence electrons. The molecule has 0 amide bonds. The number of hydrogen-bond acceptors (Lipinski definition) is 1. The summed E-state index contributed by atoms with van der Waals surface area (Å²) >= 11 is 4.76. The molecule has 0 fully saturated rings. The number of aromatic amines is 1. The summed E-state index contributed by atoms with van der Waals surface area (Å²) in [7, 11) is 0. The largest absolute Gasteiger partial charge is 2.00 e. The molecule has 0 saturated carbocycles. The van der Waals surface area contributed by atoms with Crippen LogP contribution >= 0.6 is 12.2 Å². The molecule has 3 heteroatoms. The van der Waals surface area contributed by atoms with Gasteiger partial charge in [-0.15, -0.1) is 0 Å². The molecule has 0 unspecified atom stereocenters. The van der Waals surface area contributed by atoms with E-state index in [-0.39, 0.29) is 35.1 Å². The molecule has 0 saturated heterocycles. The van der Waals surface area contributed by atoms with Gasteiger partial charge in [-0.3, -0.25) is 0 Å². The van der Waals surface area contributed by atoms with Gasteiger partial charge in [0.05, 0.1) is 0 Å². The van der Waals surface area contributed by atoms with Crippen LogP contribution in [-0.2, 0) is 27.7 Å². The van der Waals surface area contributed by atoms with Crippen molar-refractivity contribution in [2.45, 2.75) is 0 Å². The fourth-order valence-corrected chi connectivity index (χ4v) is 0.523. The smallest absolute Gasteiger partial charge is 0.358 e. The van der Waals surface area contributed by atoms with Crippen LogP contribution in [0, 0.1) is 12.1 Å². The van der Waals surface area contributed by atoms with Crippen LogP contribution in [0.3, 0.4) is 0 Å². The Kier molecular flexibility index (Phi) is 8.59. The zero-order valence-corrected chi connectivity index (χ0v) is 11.7. The Bertz CT molecular complexity index is 179. The van der Waals surface area contributed by atoms with Crippen LogP contribution < -0.4 is 0 Å². The number of rotatable bonds is 0. The van der Waals surface area contributed by atoms with E-state index in [9.17, 15) is 0 Å². The normalized spacial score (nSPS) is 6.67. The van der Waals surface area contributed by atoms with E-state index in [4.69, 9.17) is 12.2 Å². The maximum absolute atomic E-state index is 4.76. The van der Waals surface area contributed by atoms with Crippen LogP contribution in [0.15, 0.2) is 24.4 Å². The van der Waals surface area contributed by atoms with Crippen LogP contribution in [0.4, 0.5) is 0 Å². The molecule has 0 aromatic carbocycles. The van der Waals surface area contributed by atoms with Gasteiger partial charge in [-0.05, 0) is 12.1 Å². The van der Waals surface area contributed by atoms with Crippen LogP contribution in [0.5, 0.6) is 0 Å². The van der Waals surface area contributed by atoms with Crippen LogP contribution in [-0.4, -0.2) is 4.98 Å². The molecule has 0 aliphatic heterocycles. The Morgan fingerprint density at radius 1 is 1.33 bits per heavy atom. The van der Waals surface area contributed by atoms with Crippen molar-refractivity contribution in [2.24, 2.45) is 0 Å². The molecule has 0 bridgehead atoms. The Morgan fingerprint density at radius 2 is 2.00 bits per heavy atom. The minimum atomic E-state index is 0. The Labute approximate surface area is 81.0 Å². The van der Waals surface area contributed by atoms with Crippen molar-refractivity contribution >= 4 is 12.2 Å². The Balaban J connectivity index is 0. The predicted molar refractivity (Wildman–Crippen MR) is 38.0 cm³/mol. The first-order chi connectivity index (χ1) is 3.39. The summed E-state index contributed by atoms with van der Waals surface area (Å²) in [6.45, 7) is 0. The fourth-order valence-electron chi connectivity index (χ4n) is 0.377. The van der Waals surface area contributed by atoms with Gasteiger partial charge in [-0.25, -0.2) is 0 Å². The molecule has 0 radical (unpaired) electrons. The van der Waals surface area contributed by atoms with Crippen LogP contribution in [0.25, 0.3) is 0 Å². The third kappa shape index (κ3) is 4.79. The molecule has 1 heterocycles.